The van der Waals surface area contributed by atoms with Crippen molar-refractivity contribution in [2.24, 2.45) is 0 Å². The molecule has 0 fully saturated rings. The molecule has 1 aromatic heterocycles. The molecule has 1 atom stereocenters. The molecule has 0 aliphatic rings. The number of hydrogen-bond acceptors (Lipinski definition) is 3. The summed E-state index contributed by atoms with van der Waals surface area (Å²) in [5.74, 6) is 0. The highest BCUT2D eigenvalue weighted by Crippen LogP contribution is 2.16. The molecule has 96 valence electrons. The fraction of sp³-hybridized carbons (Fsp3) is 0.400. The van der Waals surface area contributed by atoms with Crippen molar-refractivity contribution >= 4 is 10.9 Å². The van der Waals surface area contributed by atoms with E-state index in [2.05, 4.69) is 60.5 Å². The molecule has 3 heteroatoms. The first-order chi connectivity index (χ1) is 8.66. The van der Waals surface area contributed by atoms with Crippen LogP contribution < -0.4 is 5.32 Å². The van der Waals surface area contributed by atoms with E-state index < -0.39 is 0 Å². The maximum Gasteiger partial charge on any atom is 0.0705 e. The van der Waals surface area contributed by atoms with Crippen LogP contribution in [0.5, 0.6) is 0 Å². The molecule has 1 N–H and O–H groups in total. The lowest BCUT2D eigenvalue weighted by molar-refractivity contribution is 0.349. The van der Waals surface area contributed by atoms with Crippen LogP contribution in [0.4, 0.5) is 0 Å². The van der Waals surface area contributed by atoms with Gasteiger partial charge in [-0.2, -0.15) is 0 Å². The largest absolute Gasteiger partial charge is 0.309 e. The number of aromatic nitrogens is 1. The zero-order valence-electron chi connectivity index (χ0n) is 11.4. The van der Waals surface area contributed by atoms with Crippen molar-refractivity contribution < 1.29 is 0 Å². The molecule has 3 nitrogen and oxygen atoms in total. The van der Waals surface area contributed by atoms with E-state index in [1.165, 1.54) is 10.9 Å². The zero-order chi connectivity index (χ0) is 13.0. The number of pyridine rings is 1. The van der Waals surface area contributed by atoms with Crippen LogP contribution in [0.2, 0.25) is 0 Å². The molecular formula is C15H21N3. The lowest BCUT2D eigenvalue weighted by Gasteiger charge is -2.18. The third kappa shape index (κ3) is 3.28. The van der Waals surface area contributed by atoms with Gasteiger partial charge in [-0.25, -0.2) is 0 Å². The Hall–Kier alpha value is -1.45. The van der Waals surface area contributed by atoms with Crippen LogP contribution in [0.15, 0.2) is 36.5 Å². The molecule has 0 spiro atoms. The molecule has 0 saturated carbocycles. The summed E-state index contributed by atoms with van der Waals surface area (Å²) < 4.78 is 0. The topological polar surface area (TPSA) is 28.2 Å². The standard InChI is InChI=1S/C15H21N3/c1-12(11-18(2)3)17-10-13-6-4-8-15-14(13)7-5-9-16-15/h4-9,12,17H,10-11H2,1-3H3. The smallest absolute Gasteiger partial charge is 0.0705 e. The third-order valence-electron chi connectivity index (χ3n) is 3.02. The highest BCUT2D eigenvalue weighted by atomic mass is 15.1. The minimum atomic E-state index is 0.479. The van der Waals surface area contributed by atoms with Crippen LogP contribution >= 0.6 is 0 Å². The van der Waals surface area contributed by atoms with Crippen LogP contribution in [0, 0.1) is 0 Å². The second-order valence-corrected chi connectivity index (χ2v) is 5.03. The minimum absolute atomic E-state index is 0.479. The van der Waals surface area contributed by atoms with E-state index in [-0.39, 0.29) is 0 Å². The molecule has 1 aromatic carbocycles. The Balaban J connectivity index is 2.08. The average molecular weight is 243 g/mol. The fourth-order valence-corrected chi connectivity index (χ4v) is 2.22. The van der Waals surface area contributed by atoms with E-state index in [4.69, 9.17) is 0 Å². The minimum Gasteiger partial charge on any atom is -0.309 e. The van der Waals surface area contributed by atoms with Gasteiger partial charge in [-0.1, -0.05) is 18.2 Å². The second kappa shape index (κ2) is 5.94. The Labute approximate surface area is 109 Å². The van der Waals surface area contributed by atoms with Gasteiger partial charge >= 0.3 is 0 Å². The van der Waals surface area contributed by atoms with Gasteiger partial charge in [-0.05, 0) is 38.7 Å². The van der Waals surface area contributed by atoms with Crippen LogP contribution in [-0.2, 0) is 6.54 Å². The molecule has 0 radical (unpaired) electrons. The number of nitrogens with one attached hydrogen (secondary N) is 1. The zero-order valence-corrected chi connectivity index (χ0v) is 11.4. The van der Waals surface area contributed by atoms with E-state index in [1.54, 1.807) is 0 Å². The Morgan fingerprint density at radius 3 is 2.83 bits per heavy atom. The van der Waals surface area contributed by atoms with Crippen molar-refractivity contribution in [1.29, 1.82) is 0 Å². The Kier molecular flexibility index (Phi) is 4.28. The van der Waals surface area contributed by atoms with Gasteiger partial charge in [0, 0.05) is 30.7 Å². The summed E-state index contributed by atoms with van der Waals surface area (Å²) in [6, 6.07) is 10.9. The maximum absolute atomic E-state index is 4.38. The first kappa shape index (κ1) is 13.0. The number of rotatable bonds is 5. The number of nitrogens with zero attached hydrogens (tertiary/aromatic N) is 2. The first-order valence-electron chi connectivity index (χ1n) is 6.37. The van der Waals surface area contributed by atoms with Gasteiger partial charge in [-0.3, -0.25) is 4.98 Å². The van der Waals surface area contributed by atoms with E-state index in [1.807, 2.05) is 12.3 Å². The van der Waals surface area contributed by atoms with Gasteiger partial charge in [0.1, 0.15) is 0 Å². The van der Waals surface area contributed by atoms with Gasteiger partial charge in [0.25, 0.3) is 0 Å². The summed E-state index contributed by atoms with van der Waals surface area (Å²) in [6.07, 6.45) is 1.84. The van der Waals surface area contributed by atoms with Crippen LogP contribution in [0.3, 0.4) is 0 Å². The molecule has 2 rings (SSSR count). The molecule has 0 aliphatic carbocycles. The Bertz CT molecular complexity index is 503. The molecule has 0 bridgehead atoms. The number of fused-ring (bicyclic) bond motifs is 1. The molecule has 0 amide bonds. The Morgan fingerprint density at radius 1 is 1.22 bits per heavy atom. The third-order valence-corrected chi connectivity index (χ3v) is 3.02. The van der Waals surface area contributed by atoms with Crippen molar-refractivity contribution in [2.45, 2.75) is 19.5 Å². The second-order valence-electron chi connectivity index (χ2n) is 5.03. The Morgan fingerprint density at radius 2 is 2.06 bits per heavy atom. The monoisotopic (exact) mass is 243 g/mol. The van der Waals surface area contributed by atoms with Gasteiger partial charge in [0.2, 0.25) is 0 Å². The summed E-state index contributed by atoms with van der Waals surface area (Å²) in [5, 5.41) is 4.79. The van der Waals surface area contributed by atoms with Crippen LogP contribution in [-0.4, -0.2) is 36.6 Å². The lowest BCUT2D eigenvalue weighted by Crippen LogP contribution is -2.35. The van der Waals surface area contributed by atoms with Crippen molar-refractivity contribution in [3.63, 3.8) is 0 Å². The maximum atomic E-state index is 4.38. The molecule has 2 aromatic rings. The number of benzene rings is 1. The highest BCUT2D eigenvalue weighted by Gasteiger charge is 2.05. The summed E-state index contributed by atoms with van der Waals surface area (Å²) in [6.45, 7) is 4.14. The predicted octanol–water partition coefficient (Wildman–Crippen LogP) is 2.27. The van der Waals surface area contributed by atoms with E-state index in [0.29, 0.717) is 6.04 Å². The van der Waals surface area contributed by atoms with E-state index >= 15 is 0 Å². The van der Waals surface area contributed by atoms with Crippen molar-refractivity contribution in [1.82, 2.24) is 15.2 Å². The van der Waals surface area contributed by atoms with Gasteiger partial charge in [0.05, 0.1) is 5.52 Å². The molecule has 1 unspecified atom stereocenters. The summed E-state index contributed by atoms with van der Waals surface area (Å²) >= 11 is 0. The van der Waals surface area contributed by atoms with E-state index in [9.17, 15) is 0 Å². The quantitative estimate of drug-likeness (QED) is 0.873. The van der Waals surface area contributed by atoms with Crippen LogP contribution in [0.1, 0.15) is 12.5 Å². The van der Waals surface area contributed by atoms with Gasteiger partial charge in [0.15, 0.2) is 0 Å². The number of hydrogen-bond donors (Lipinski definition) is 1. The van der Waals surface area contributed by atoms with Crippen molar-refractivity contribution in [3.8, 4) is 0 Å². The summed E-state index contributed by atoms with van der Waals surface area (Å²) in [7, 11) is 4.19. The molecule has 18 heavy (non-hydrogen) atoms. The molecule has 0 saturated heterocycles. The van der Waals surface area contributed by atoms with Gasteiger partial charge < -0.3 is 10.2 Å². The highest BCUT2D eigenvalue weighted by molar-refractivity contribution is 5.81. The van der Waals surface area contributed by atoms with Crippen molar-refractivity contribution in [2.75, 3.05) is 20.6 Å². The summed E-state index contributed by atoms with van der Waals surface area (Å²) in [5.41, 5.74) is 2.38. The molecule has 1 heterocycles. The first-order valence-corrected chi connectivity index (χ1v) is 6.37. The fourth-order valence-electron chi connectivity index (χ4n) is 2.22. The van der Waals surface area contributed by atoms with Crippen LogP contribution in [0.25, 0.3) is 10.9 Å². The van der Waals surface area contributed by atoms with Gasteiger partial charge in [-0.15, -0.1) is 0 Å². The molecular weight excluding hydrogens is 222 g/mol. The average Bonchev–Trinajstić information content (AvgIpc) is 2.35. The van der Waals surface area contributed by atoms with E-state index in [0.717, 1.165) is 18.6 Å². The predicted molar refractivity (Wildman–Crippen MR) is 76.6 cm³/mol. The van der Waals surface area contributed by atoms with Crippen molar-refractivity contribution in [3.05, 3.63) is 42.1 Å². The lowest BCUT2D eigenvalue weighted by atomic mass is 10.1. The number of likely N-dealkylation sites (N-methyl/N-ethyl adjacent to an activating group) is 1. The molecule has 0 aliphatic heterocycles. The normalized spacial score (nSPS) is 13.1. The summed E-state index contributed by atoms with van der Waals surface area (Å²) in [4.78, 5) is 6.58. The SMILES string of the molecule is CC(CN(C)C)NCc1cccc2ncccc12.